The zero-order valence-corrected chi connectivity index (χ0v) is 12.6. The minimum absolute atomic E-state index is 0.0873. The molecule has 1 aliphatic heterocycles. The molecule has 3 nitrogen and oxygen atoms in total. The molecule has 112 valence electrons. The maximum absolute atomic E-state index is 12.9. The molecule has 1 aliphatic rings. The molecule has 1 saturated heterocycles. The highest BCUT2D eigenvalue weighted by atomic mass is 32.2. The number of rotatable bonds is 5. The highest BCUT2D eigenvalue weighted by Gasteiger charge is 2.35. The van der Waals surface area contributed by atoms with E-state index in [4.69, 9.17) is 0 Å². The molecule has 1 heterocycles. The smallest absolute Gasteiger partial charge is 0.154 e. The van der Waals surface area contributed by atoms with Crippen molar-refractivity contribution >= 4 is 9.84 Å². The van der Waals surface area contributed by atoms with Gasteiger partial charge in [0.1, 0.15) is 5.82 Å². The number of hydrogen-bond donors (Lipinski definition) is 1. The van der Waals surface area contributed by atoms with Gasteiger partial charge in [-0.25, -0.2) is 12.8 Å². The Hall–Kier alpha value is -0.940. The van der Waals surface area contributed by atoms with Crippen LogP contribution in [0.1, 0.15) is 31.7 Å². The third-order valence-electron chi connectivity index (χ3n) is 3.91. The molecule has 0 amide bonds. The van der Waals surface area contributed by atoms with Gasteiger partial charge in [-0.2, -0.15) is 0 Å². The van der Waals surface area contributed by atoms with Crippen LogP contribution in [-0.4, -0.2) is 32.0 Å². The molecule has 1 aromatic carbocycles. The largest absolute Gasteiger partial charge is 0.313 e. The van der Waals surface area contributed by atoms with Crippen LogP contribution in [0.2, 0.25) is 0 Å². The zero-order chi connectivity index (χ0) is 14.6. The predicted molar refractivity (Wildman–Crippen MR) is 79.0 cm³/mol. The SMILES string of the molecule is CCNC(Cc1ccc(F)cc1)C1CCCCS1(=O)=O. The molecule has 2 atom stereocenters. The Bertz CT molecular complexity index is 527. The molecule has 1 N–H and O–H groups in total. The number of likely N-dealkylation sites (N-methyl/N-ethyl adjacent to an activating group) is 1. The van der Waals surface area contributed by atoms with Crippen LogP contribution in [-0.2, 0) is 16.3 Å². The fourth-order valence-corrected chi connectivity index (χ4v) is 5.03. The topological polar surface area (TPSA) is 46.2 Å². The van der Waals surface area contributed by atoms with Gasteiger partial charge >= 0.3 is 0 Å². The second kappa shape index (κ2) is 6.68. The summed E-state index contributed by atoms with van der Waals surface area (Å²) in [6.45, 7) is 2.71. The molecule has 1 aromatic rings. The monoisotopic (exact) mass is 299 g/mol. The van der Waals surface area contributed by atoms with Gasteiger partial charge in [0.15, 0.2) is 9.84 Å². The van der Waals surface area contributed by atoms with Crippen LogP contribution >= 0.6 is 0 Å². The van der Waals surface area contributed by atoms with Gasteiger partial charge in [-0.05, 0) is 43.5 Å². The number of halogens is 1. The van der Waals surface area contributed by atoms with Crippen molar-refractivity contribution in [1.82, 2.24) is 5.32 Å². The summed E-state index contributed by atoms with van der Waals surface area (Å²) in [4.78, 5) is 0. The van der Waals surface area contributed by atoms with Crippen LogP contribution in [0.4, 0.5) is 4.39 Å². The van der Waals surface area contributed by atoms with E-state index >= 15 is 0 Å². The number of nitrogens with one attached hydrogen (secondary N) is 1. The van der Waals surface area contributed by atoms with E-state index in [9.17, 15) is 12.8 Å². The van der Waals surface area contributed by atoms with Gasteiger partial charge in [0.05, 0.1) is 11.0 Å². The first-order valence-corrected chi connectivity index (χ1v) is 8.94. The van der Waals surface area contributed by atoms with Crippen LogP contribution in [0, 0.1) is 5.82 Å². The quantitative estimate of drug-likeness (QED) is 0.907. The molecule has 0 bridgehead atoms. The third kappa shape index (κ3) is 3.79. The summed E-state index contributed by atoms with van der Waals surface area (Å²) in [7, 11) is -3.01. The van der Waals surface area contributed by atoms with Crippen molar-refractivity contribution in [2.45, 2.75) is 43.9 Å². The van der Waals surface area contributed by atoms with Crippen molar-refractivity contribution in [2.24, 2.45) is 0 Å². The summed E-state index contributed by atoms with van der Waals surface area (Å²) in [5.41, 5.74) is 0.970. The highest BCUT2D eigenvalue weighted by molar-refractivity contribution is 7.92. The Balaban J connectivity index is 2.15. The molecule has 20 heavy (non-hydrogen) atoms. The maximum atomic E-state index is 12.9. The van der Waals surface area contributed by atoms with E-state index in [0.29, 0.717) is 12.2 Å². The lowest BCUT2D eigenvalue weighted by atomic mass is 9.99. The molecule has 2 rings (SSSR count). The Morgan fingerprint density at radius 1 is 1.30 bits per heavy atom. The minimum Gasteiger partial charge on any atom is -0.313 e. The van der Waals surface area contributed by atoms with Gasteiger partial charge in [0, 0.05) is 6.04 Å². The van der Waals surface area contributed by atoms with Crippen molar-refractivity contribution in [2.75, 3.05) is 12.3 Å². The fraction of sp³-hybridized carbons (Fsp3) is 0.600. The van der Waals surface area contributed by atoms with Gasteiger partial charge in [0.25, 0.3) is 0 Å². The summed E-state index contributed by atoms with van der Waals surface area (Å²) < 4.78 is 37.4. The van der Waals surface area contributed by atoms with Crippen molar-refractivity contribution in [1.29, 1.82) is 0 Å². The molecule has 0 radical (unpaired) electrons. The third-order valence-corrected chi connectivity index (χ3v) is 6.26. The molecule has 1 fully saturated rings. The van der Waals surface area contributed by atoms with Crippen LogP contribution in [0.25, 0.3) is 0 Å². The van der Waals surface area contributed by atoms with Crippen LogP contribution in [0.3, 0.4) is 0 Å². The van der Waals surface area contributed by atoms with Crippen molar-refractivity contribution < 1.29 is 12.8 Å². The number of benzene rings is 1. The van der Waals surface area contributed by atoms with Gasteiger partial charge in [-0.1, -0.05) is 25.5 Å². The standard InChI is InChI=1S/C15H22FNO2S/c1-2-17-14(11-12-6-8-13(16)9-7-12)15-5-3-4-10-20(15,18)19/h6-9,14-15,17H,2-5,10-11H2,1H3. The van der Waals surface area contributed by atoms with Crippen LogP contribution in [0.15, 0.2) is 24.3 Å². The average Bonchev–Trinajstić information content (AvgIpc) is 2.40. The Morgan fingerprint density at radius 3 is 2.60 bits per heavy atom. The van der Waals surface area contributed by atoms with Crippen molar-refractivity contribution in [3.05, 3.63) is 35.6 Å². The highest BCUT2D eigenvalue weighted by Crippen LogP contribution is 2.24. The molecule has 0 saturated carbocycles. The van der Waals surface area contributed by atoms with Gasteiger partial charge in [-0.15, -0.1) is 0 Å². The van der Waals surface area contributed by atoms with E-state index in [1.165, 1.54) is 12.1 Å². The van der Waals surface area contributed by atoms with Gasteiger partial charge in [0.2, 0.25) is 0 Å². The van der Waals surface area contributed by atoms with E-state index in [-0.39, 0.29) is 17.1 Å². The van der Waals surface area contributed by atoms with Crippen molar-refractivity contribution in [3.63, 3.8) is 0 Å². The number of hydrogen-bond acceptors (Lipinski definition) is 3. The van der Waals surface area contributed by atoms with Crippen LogP contribution in [0.5, 0.6) is 0 Å². The van der Waals surface area contributed by atoms with E-state index < -0.39 is 9.84 Å². The molecule has 5 heteroatoms. The second-order valence-corrected chi connectivity index (χ2v) is 7.74. The first-order chi connectivity index (χ1) is 9.53. The molecule has 0 spiro atoms. The minimum atomic E-state index is -3.01. The second-order valence-electron chi connectivity index (χ2n) is 5.40. The van der Waals surface area contributed by atoms with E-state index in [0.717, 1.165) is 31.4 Å². The Labute approximate surface area is 120 Å². The van der Waals surface area contributed by atoms with Gasteiger partial charge in [-0.3, -0.25) is 0 Å². The molecular formula is C15H22FNO2S. The maximum Gasteiger partial charge on any atom is 0.154 e. The van der Waals surface area contributed by atoms with E-state index in [2.05, 4.69) is 5.32 Å². The summed E-state index contributed by atoms with van der Waals surface area (Å²) in [6.07, 6.45) is 3.09. The first kappa shape index (κ1) is 15.4. The molecular weight excluding hydrogens is 277 g/mol. The Morgan fingerprint density at radius 2 is 2.00 bits per heavy atom. The van der Waals surface area contributed by atoms with E-state index in [1.807, 2.05) is 6.92 Å². The predicted octanol–water partition coefficient (Wildman–Crippen LogP) is 2.31. The number of sulfone groups is 1. The Kier molecular flexibility index (Phi) is 5.16. The normalized spacial score (nSPS) is 23.4. The molecule has 0 aromatic heterocycles. The van der Waals surface area contributed by atoms with E-state index in [1.54, 1.807) is 12.1 Å². The summed E-state index contributed by atoms with van der Waals surface area (Å²) in [6, 6.07) is 6.22. The lowest BCUT2D eigenvalue weighted by Gasteiger charge is -2.30. The van der Waals surface area contributed by atoms with Gasteiger partial charge < -0.3 is 5.32 Å². The van der Waals surface area contributed by atoms with Crippen LogP contribution < -0.4 is 5.32 Å². The zero-order valence-electron chi connectivity index (χ0n) is 11.8. The fourth-order valence-electron chi connectivity index (χ4n) is 2.90. The molecule has 2 unspecified atom stereocenters. The lowest BCUT2D eigenvalue weighted by molar-refractivity contribution is 0.441. The molecule has 0 aliphatic carbocycles. The first-order valence-electron chi connectivity index (χ1n) is 7.22. The summed E-state index contributed by atoms with van der Waals surface area (Å²) in [5, 5.41) is 2.98. The van der Waals surface area contributed by atoms with Crippen molar-refractivity contribution in [3.8, 4) is 0 Å². The lowest BCUT2D eigenvalue weighted by Crippen LogP contribution is -2.47. The average molecular weight is 299 g/mol. The summed E-state index contributed by atoms with van der Waals surface area (Å²) >= 11 is 0. The summed E-state index contributed by atoms with van der Waals surface area (Å²) in [5.74, 6) is 0.0298.